The van der Waals surface area contributed by atoms with Gasteiger partial charge in [-0.2, -0.15) is 5.26 Å². The topological polar surface area (TPSA) is 23.8 Å². The molecule has 1 nitrogen and oxygen atoms in total. The summed E-state index contributed by atoms with van der Waals surface area (Å²) in [4.78, 5) is 0. The van der Waals surface area contributed by atoms with Gasteiger partial charge in [-0.25, -0.2) is 4.39 Å². The Morgan fingerprint density at radius 2 is 2.04 bits per heavy atom. The monoisotopic (exact) mass is 323 g/mol. The van der Waals surface area contributed by atoms with E-state index in [0.29, 0.717) is 11.5 Å². The van der Waals surface area contributed by atoms with Crippen LogP contribution in [0.15, 0.2) is 30.4 Å². The summed E-state index contributed by atoms with van der Waals surface area (Å²) < 4.78 is 13.6. The maximum atomic E-state index is 13.6. The van der Waals surface area contributed by atoms with Gasteiger partial charge < -0.3 is 0 Å². The summed E-state index contributed by atoms with van der Waals surface area (Å²) in [6.07, 6.45) is 13.2. The average molecular weight is 323 g/mol. The van der Waals surface area contributed by atoms with Gasteiger partial charge in [0.2, 0.25) is 0 Å². The molecule has 2 heteroatoms. The maximum Gasteiger partial charge on any atom is 0.142 e. The van der Waals surface area contributed by atoms with Gasteiger partial charge in [0, 0.05) is 5.56 Å². The highest BCUT2D eigenvalue weighted by atomic mass is 19.1. The van der Waals surface area contributed by atoms with Crippen LogP contribution in [-0.2, 0) is 0 Å². The van der Waals surface area contributed by atoms with Crippen LogP contribution in [0.4, 0.5) is 4.39 Å². The van der Waals surface area contributed by atoms with Crippen molar-refractivity contribution < 1.29 is 4.39 Å². The molecule has 0 radical (unpaired) electrons. The molecular formula is C22H26FN. The minimum Gasteiger partial charge on any atom is -0.206 e. The zero-order valence-electron chi connectivity index (χ0n) is 14.7. The lowest BCUT2D eigenvalue weighted by molar-refractivity contribution is 0.159. The number of nitrogens with zero attached hydrogens (tertiary/aromatic N) is 1. The minimum atomic E-state index is -0.506. The first kappa shape index (κ1) is 18.3. The van der Waals surface area contributed by atoms with Crippen LogP contribution in [0.1, 0.15) is 69.9 Å². The fourth-order valence-electron chi connectivity index (χ4n) is 3.77. The van der Waals surface area contributed by atoms with Crippen LogP contribution in [-0.4, -0.2) is 0 Å². The van der Waals surface area contributed by atoms with Crippen molar-refractivity contribution >= 4 is 0 Å². The summed E-state index contributed by atoms with van der Waals surface area (Å²) >= 11 is 0. The van der Waals surface area contributed by atoms with Gasteiger partial charge in [-0.3, -0.25) is 0 Å². The van der Waals surface area contributed by atoms with Crippen molar-refractivity contribution in [1.29, 1.82) is 5.26 Å². The number of rotatable bonds is 4. The van der Waals surface area contributed by atoms with Crippen molar-refractivity contribution in [3.8, 4) is 17.9 Å². The van der Waals surface area contributed by atoms with E-state index in [1.807, 2.05) is 12.1 Å². The van der Waals surface area contributed by atoms with Crippen LogP contribution in [0.3, 0.4) is 0 Å². The summed E-state index contributed by atoms with van der Waals surface area (Å²) in [6.45, 7) is 4.61. The Morgan fingerprint density at radius 3 is 2.67 bits per heavy atom. The van der Waals surface area contributed by atoms with E-state index in [0.717, 1.165) is 0 Å². The summed E-state index contributed by atoms with van der Waals surface area (Å²) in [5, 5.41) is 8.75. The maximum absolute atomic E-state index is 13.6. The van der Waals surface area contributed by atoms with Gasteiger partial charge in [0.15, 0.2) is 0 Å². The smallest absolute Gasteiger partial charge is 0.142 e. The van der Waals surface area contributed by atoms with Crippen LogP contribution < -0.4 is 0 Å². The third kappa shape index (κ3) is 4.48. The Balaban J connectivity index is 2.13. The Bertz CT molecular complexity index is 678. The van der Waals surface area contributed by atoms with Gasteiger partial charge in [0.25, 0.3) is 0 Å². The molecule has 1 aromatic rings. The largest absolute Gasteiger partial charge is 0.206 e. The van der Waals surface area contributed by atoms with E-state index >= 15 is 0 Å². The second kappa shape index (κ2) is 8.70. The number of hydrogen-bond acceptors (Lipinski definition) is 1. The molecule has 1 unspecified atom stereocenters. The molecule has 1 aliphatic rings. The molecule has 1 atom stereocenters. The van der Waals surface area contributed by atoms with Gasteiger partial charge in [0.05, 0.1) is 5.56 Å². The number of hydrogen-bond donors (Lipinski definition) is 0. The third-order valence-electron chi connectivity index (χ3n) is 5.29. The van der Waals surface area contributed by atoms with Crippen molar-refractivity contribution in [2.45, 2.75) is 58.8 Å². The van der Waals surface area contributed by atoms with Crippen molar-refractivity contribution in [1.82, 2.24) is 0 Å². The first-order valence-electron chi connectivity index (χ1n) is 9.00. The molecule has 0 aliphatic heterocycles. The van der Waals surface area contributed by atoms with Crippen LogP contribution in [0, 0.1) is 40.3 Å². The molecule has 0 N–H and O–H groups in total. The standard InChI is InChI=1S/C22H26FN/c1-3-9-18(2)22(13-6-4-7-14-22)15-8-5-10-19-11-12-20(17-24)21(23)16-19/h8,11-12,15-16,18H,3-4,6-7,9,13-14H2,1-2H3/b15-8+. The van der Waals surface area contributed by atoms with Crippen LogP contribution in [0.2, 0.25) is 0 Å². The second-order valence-corrected chi connectivity index (χ2v) is 6.89. The van der Waals surface area contributed by atoms with Crippen molar-refractivity contribution in [3.05, 3.63) is 47.3 Å². The first-order valence-corrected chi connectivity index (χ1v) is 9.00. The fourth-order valence-corrected chi connectivity index (χ4v) is 3.77. The summed E-state index contributed by atoms with van der Waals surface area (Å²) in [5.74, 6) is 6.20. The zero-order valence-corrected chi connectivity index (χ0v) is 14.7. The Morgan fingerprint density at radius 1 is 1.29 bits per heavy atom. The molecule has 0 saturated heterocycles. The van der Waals surface area contributed by atoms with E-state index in [2.05, 4.69) is 31.8 Å². The van der Waals surface area contributed by atoms with Gasteiger partial charge in [-0.1, -0.05) is 63.9 Å². The van der Waals surface area contributed by atoms with Crippen molar-refractivity contribution in [3.63, 3.8) is 0 Å². The third-order valence-corrected chi connectivity index (χ3v) is 5.29. The second-order valence-electron chi connectivity index (χ2n) is 6.89. The van der Waals surface area contributed by atoms with E-state index in [9.17, 15) is 4.39 Å². The number of halogens is 1. The number of benzene rings is 1. The molecule has 2 rings (SSSR count). The van der Waals surface area contributed by atoms with Gasteiger partial charge in [0.1, 0.15) is 11.9 Å². The molecular weight excluding hydrogens is 297 g/mol. The lowest BCUT2D eigenvalue weighted by atomic mass is 9.65. The highest BCUT2D eigenvalue weighted by molar-refractivity contribution is 5.42. The van der Waals surface area contributed by atoms with Crippen molar-refractivity contribution in [2.75, 3.05) is 0 Å². The Kier molecular flexibility index (Phi) is 6.62. The van der Waals surface area contributed by atoms with Gasteiger partial charge >= 0.3 is 0 Å². The fraction of sp³-hybridized carbons (Fsp3) is 0.500. The molecule has 24 heavy (non-hydrogen) atoms. The van der Waals surface area contributed by atoms with Crippen LogP contribution in [0.25, 0.3) is 0 Å². The molecule has 1 aromatic carbocycles. The predicted octanol–water partition coefficient (Wildman–Crippen LogP) is 5.99. The van der Waals surface area contributed by atoms with Gasteiger partial charge in [-0.05, 0) is 48.4 Å². The Hall–Kier alpha value is -2.06. The van der Waals surface area contributed by atoms with Gasteiger partial charge in [-0.15, -0.1) is 0 Å². The molecule has 0 aromatic heterocycles. The number of allylic oxidation sites excluding steroid dienone is 2. The summed E-state index contributed by atoms with van der Waals surface area (Å²) in [6, 6.07) is 6.33. The first-order chi connectivity index (χ1) is 11.6. The quantitative estimate of drug-likeness (QED) is 0.624. The van der Waals surface area contributed by atoms with E-state index < -0.39 is 5.82 Å². The normalized spacial score (nSPS) is 17.8. The van der Waals surface area contributed by atoms with E-state index in [1.165, 1.54) is 57.1 Å². The van der Waals surface area contributed by atoms with Crippen LogP contribution in [0.5, 0.6) is 0 Å². The minimum absolute atomic E-state index is 0.0608. The Labute approximate surface area is 145 Å². The summed E-state index contributed by atoms with van der Waals surface area (Å²) in [5.41, 5.74) is 0.944. The summed E-state index contributed by atoms with van der Waals surface area (Å²) in [7, 11) is 0. The molecule has 0 spiro atoms. The highest BCUT2D eigenvalue weighted by Crippen LogP contribution is 2.45. The lowest BCUT2D eigenvalue weighted by Gasteiger charge is -2.40. The lowest BCUT2D eigenvalue weighted by Crippen LogP contribution is -2.29. The molecule has 0 heterocycles. The van der Waals surface area contributed by atoms with Crippen molar-refractivity contribution in [2.24, 2.45) is 11.3 Å². The van der Waals surface area contributed by atoms with E-state index in [-0.39, 0.29) is 11.0 Å². The number of nitriles is 1. The molecule has 1 fully saturated rings. The molecule has 1 aliphatic carbocycles. The average Bonchev–Trinajstić information content (AvgIpc) is 2.60. The molecule has 0 bridgehead atoms. The molecule has 126 valence electrons. The zero-order chi connectivity index (χ0) is 17.4. The predicted molar refractivity (Wildman–Crippen MR) is 96.7 cm³/mol. The SMILES string of the molecule is CCCC(C)C1(/C=C/C#Cc2ccc(C#N)c(F)c2)CCCCC1. The van der Waals surface area contributed by atoms with E-state index in [4.69, 9.17) is 5.26 Å². The highest BCUT2D eigenvalue weighted by Gasteiger charge is 2.34. The van der Waals surface area contributed by atoms with Crippen LogP contribution >= 0.6 is 0 Å². The van der Waals surface area contributed by atoms with E-state index in [1.54, 1.807) is 6.07 Å². The molecule has 1 saturated carbocycles. The molecule has 0 amide bonds.